The number of carbonyl (C=O) groups is 2. The SMILES string of the molecule is CCc1ccc(C(=O)NNC(=O)c2cc(Cl)ccc2O)cc1S(=O)(=O)N1CCOCC1. The molecule has 9 nitrogen and oxygen atoms in total. The van der Waals surface area contributed by atoms with E-state index in [1.807, 2.05) is 6.92 Å². The minimum Gasteiger partial charge on any atom is -0.507 e. The van der Waals surface area contributed by atoms with Crippen LogP contribution in [0, 0.1) is 0 Å². The predicted molar refractivity (Wildman–Crippen MR) is 113 cm³/mol. The monoisotopic (exact) mass is 467 g/mol. The number of benzene rings is 2. The molecule has 11 heteroatoms. The summed E-state index contributed by atoms with van der Waals surface area (Å²) >= 11 is 5.83. The summed E-state index contributed by atoms with van der Waals surface area (Å²) < 4.78 is 32.7. The minimum atomic E-state index is -3.81. The van der Waals surface area contributed by atoms with Crippen LogP contribution in [0.4, 0.5) is 0 Å². The summed E-state index contributed by atoms with van der Waals surface area (Å²) in [5, 5.41) is 10.0. The van der Waals surface area contributed by atoms with Gasteiger partial charge in [-0.05, 0) is 42.3 Å². The molecule has 1 heterocycles. The Morgan fingerprint density at radius 3 is 2.45 bits per heavy atom. The molecular weight excluding hydrogens is 446 g/mol. The summed E-state index contributed by atoms with van der Waals surface area (Å²) in [5.74, 6) is -1.79. The molecule has 2 aromatic rings. The zero-order valence-electron chi connectivity index (χ0n) is 16.7. The van der Waals surface area contributed by atoms with Crippen LogP contribution in [0.1, 0.15) is 33.2 Å². The molecule has 0 saturated carbocycles. The number of rotatable bonds is 5. The van der Waals surface area contributed by atoms with E-state index < -0.39 is 21.8 Å². The Morgan fingerprint density at radius 1 is 1.10 bits per heavy atom. The molecule has 0 radical (unpaired) electrons. The van der Waals surface area contributed by atoms with Gasteiger partial charge < -0.3 is 9.84 Å². The maximum absolute atomic E-state index is 13.1. The summed E-state index contributed by atoms with van der Waals surface area (Å²) in [4.78, 5) is 24.8. The van der Waals surface area contributed by atoms with E-state index in [9.17, 15) is 23.1 Å². The molecule has 166 valence electrons. The first kappa shape index (κ1) is 23.0. The molecule has 0 aliphatic carbocycles. The van der Waals surface area contributed by atoms with Crippen molar-refractivity contribution in [3.05, 3.63) is 58.1 Å². The van der Waals surface area contributed by atoms with Gasteiger partial charge in [-0.3, -0.25) is 20.4 Å². The first-order valence-corrected chi connectivity index (χ1v) is 11.4. The van der Waals surface area contributed by atoms with Crippen molar-refractivity contribution in [2.24, 2.45) is 0 Å². The maximum atomic E-state index is 13.1. The lowest BCUT2D eigenvalue weighted by molar-refractivity contribution is 0.0730. The second-order valence-corrected chi connectivity index (χ2v) is 9.11. The van der Waals surface area contributed by atoms with E-state index in [1.54, 1.807) is 6.07 Å². The van der Waals surface area contributed by atoms with Crippen molar-refractivity contribution in [1.82, 2.24) is 15.2 Å². The van der Waals surface area contributed by atoms with Crippen LogP contribution in [-0.2, 0) is 21.2 Å². The highest BCUT2D eigenvalue weighted by atomic mass is 35.5. The molecule has 1 saturated heterocycles. The highest BCUT2D eigenvalue weighted by Crippen LogP contribution is 2.24. The largest absolute Gasteiger partial charge is 0.507 e. The summed E-state index contributed by atoms with van der Waals surface area (Å²) in [7, 11) is -3.81. The van der Waals surface area contributed by atoms with Gasteiger partial charge in [-0.2, -0.15) is 4.31 Å². The van der Waals surface area contributed by atoms with Crippen LogP contribution in [0.3, 0.4) is 0 Å². The Kier molecular flexibility index (Phi) is 7.16. The lowest BCUT2D eigenvalue weighted by atomic mass is 10.1. The molecule has 3 rings (SSSR count). The van der Waals surface area contributed by atoms with Gasteiger partial charge in [0.1, 0.15) is 5.75 Å². The number of morpholine rings is 1. The van der Waals surface area contributed by atoms with E-state index >= 15 is 0 Å². The van der Waals surface area contributed by atoms with Gasteiger partial charge in [0.25, 0.3) is 11.8 Å². The van der Waals surface area contributed by atoms with Gasteiger partial charge in [0, 0.05) is 23.7 Å². The van der Waals surface area contributed by atoms with Crippen molar-refractivity contribution >= 4 is 33.4 Å². The maximum Gasteiger partial charge on any atom is 0.273 e. The van der Waals surface area contributed by atoms with Gasteiger partial charge in [-0.1, -0.05) is 24.6 Å². The third-order valence-electron chi connectivity index (χ3n) is 4.79. The quantitative estimate of drug-likeness (QED) is 0.575. The number of amides is 2. The normalized spacial score (nSPS) is 14.8. The summed E-state index contributed by atoms with van der Waals surface area (Å²) in [6, 6.07) is 8.27. The minimum absolute atomic E-state index is 0.0448. The molecule has 0 aromatic heterocycles. The van der Waals surface area contributed by atoms with Crippen LogP contribution in [0.25, 0.3) is 0 Å². The number of hydrogen-bond acceptors (Lipinski definition) is 6. The lowest BCUT2D eigenvalue weighted by Gasteiger charge is -2.27. The van der Waals surface area contributed by atoms with Crippen molar-refractivity contribution < 1.29 is 27.9 Å². The number of aromatic hydroxyl groups is 1. The number of phenolic OH excluding ortho intramolecular Hbond substituents is 1. The fourth-order valence-corrected chi connectivity index (χ4v) is 5.00. The zero-order valence-corrected chi connectivity index (χ0v) is 18.3. The lowest BCUT2D eigenvalue weighted by Crippen LogP contribution is -2.42. The van der Waals surface area contributed by atoms with Crippen molar-refractivity contribution in [3.8, 4) is 5.75 Å². The van der Waals surface area contributed by atoms with Gasteiger partial charge in [-0.25, -0.2) is 8.42 Å². The summed E-state index contributed by atoms with van der Waals surface area (Å²) in [6.45, 7) is 2.92. The van der Waals surface area contributed by atoms with E-state index in [2.05, 4.69) is 10.9 Å². The average Bonchev–Trinajstić information content (AvgIpc) is 2.78. The van der Waals surface area contributed by atoms with E-state index in [0.717, 1.165) is 0 Å². The Bertz CT molecular complexity index is 1100. The molecule has 31 heavy (non-hydrogen) atoms. The van der Waals surface area contributed by atoms with Crippen LogP contribution in [0.15, 0.2) is 41.3 Å². The van der Waals surface area contributed by atoms with Crippen LogP contribution in [0.5, 0.6) is 5.75 Å². The predicted octanol–water partition coefficient (Wildman–Crippen LogP) is 1.70. The molecule has 0 spiro atoms. The second-order valence-electron chi connectivity index (χ2n) is 6.76. The first-order valence-electron chi connectivity index (χ1n) is 9.54. The second kappa shape index (κ2) is 9.65. The van der Waals surface area contributed by atoms with Crippen LogP contribution in [0.2, 0.25) is 5.02 Å². The molecular formula is C20H22ClN3O6S. The highest BCUT2D eigenvalue weighted by Gasteiger charge is 2.29. The fourth-order valence-electron chi connectivity index (χ4n) is 3.10. The topological polar surface area (TPSA) is 125 Å². The number of ether oxygens (including phenoxy) is 1. The number of nitrogens with zero attached hydrogens (tertiary/aromatic N) is 1. The van der Waals surface area contributed by atoms with E-state index in [0.29, 0.717) is 25.2 Å². The van der Waals surface area contributed by atoms with Crippen molar-refractivity contribution in [3.63, 3.8) is 0 Å². The molecule has 0 unspecified atom stereocenters. The van der Waals surface area contributed by atoms with E-state index in [1.165, 1.54) is 34.6 Å². The van der Waals surface area contributed by atoms with Crippen LogP contribution >= 0.6 is 11.6 Å². The van der Waals surface area contributed by atoms with Crippen molar-refractivity contribution in [2.75, 3.05) is 26.3 Å². The first-order chi connectivity index (χ1) is 14.7. The number of hydrogen-bond donors (Lipinski definition) is 3. The Labute approximate surface area is 185 Å². The molecule has 1 fully saturated rings. The average molecular weight is 468 g/mol. The van der Waals surface area contributed by atoms with Crippen LogP contribution in [-0.4, -0.2) is 55.9 Å². The molecule has 3 N–H and O–H groups in total. The molecule has 0 atom stereocenters. The Hall–Kier alpha value is -2.66. The standard InChI is InChI=1S/C20H22ClN3O6S/c1-2-13-3-4-14(11-18(13)31(28,29)24-7-9-30-10-8-24)19(26)22-23-20(27)16-12-15(21)5-6-17(16)25/h3-6,11-12,25H,2,7-10H2,1H3,(H,22,26)(H,23,27). The Morgan fingerprint density at radius 2 is 1.77 bits per heavy atom. The number of aryl methyl sites for hydroxylation is 1. The smallest absolute Gasteiger partial charge is 0.273 e. The number of carbonyl (C=O) groups excluding carboxylic acids is 2. The van der Waals surface area contributed by atoms with Crippen molar-refractivity contribution in [1.29, 1.82) is 0 Å². The molecule has 1 aliphatic rings. The van der Waals surface area contributed by atoms with Gasteiger partial charge in [-0.15, -0.1) is 0 Å². The van der Waals surface area contributed by atoms with E-state index in [4.69, 9.17) is 16.3 Å². The molecule has 0 bridgehead atoms. The summed E-state index contributed by atoms with van der Waals surface area (Å²) in [5.41, 5.74) is 4.91. The highest BCUT2D eigenvalue weighted by molar-refractivity contribution is 7.89. The number of phenols is 1. The summed E-state index contributed by atoms with van der Waals surface area (Å²) in [6.07, 6.45) is 0.464. The van der Waals surface area contributed by atoms with Gasteiger partial charge in [0.2, 0.25) is 10.0 Å². The van der Waals surface area contributed by atoms with E-state index in [-0.39, 0.29) is 39.9 Å². The number of sulfonamides is 1. The number of halogens is 1. The van der Waals surface area contributed by atoms with Gasteiger partial charge in [0.15, 0.2) is 0 Å². The van der Waals surface area contributed by atoms with Gasteiger partial charge >= 0.3 is 0 Å². The third kappa shape index (κ3) is 5.16. The van der Waals surface area contributed by atoms with Crippen molar-refractivity contribution in [2.45, 2.75) is 18.2 Å². The Balaban J connectivity index is 1.79. The number of nitrogens with one attached hydrogen (secondary N) is 2. The molecule has 1 aliphatic heterocycles. The molecule has 2 aromatic carbocycles. The molecule has 2 amide bonds. The number of hydrazine groups is 1. The third-order valence-corrected chi connectivity index (χ3v) is 7.01. The fraction of sp³-hybridized carbons (Fsp3) is 0.300. The van der Waals surface area contributed by atoms with Crippen LogP contribution < -0.4 is 10.9 Å². The zero-order chi connectivity index (χ0) is 22.6. The van der Waals surface area contributed by atoms with Gasteiger partial charge in [0.05, 0.1) is 23.7 Å².